The van der Waals surface area contributed by atoms with E-state index in [9.17, 15) is 9.59 Å². The molecule has 0 aliphatic heterocycles. The summed E-state index contributed by atoms with van der Waals surface area (Å²) in [6, 6.07) is 9.50. The van der Waals surface area contributed by atoms with E-state index in [4.69, 9.17) is 4.74 Å². The number of ether oxygens (including phenoxy) is 2. The van der Waals surface area contributed by atoms with Gasteiger partial charge in [0.2, 0.25) is 0 Å². The Labute approximate surface area is 110 Å². The molecule has 0 aliphatic carbocycles. The second-order valence-corrected chi connectivity index (χ2v) is 4.17. The first-order valence-electron chi connectivity index (χ1n) is 5.88. The minimum atomic E-state index is -0.676. The van der Waals surface area contributed by atoms with Crippen molar-refractivity contribution in [3.8, 4) is 0 Å². The molecule has 1 aromatic heterocycles. The van der Waals surface area contributed by atoms with E-state index in [-0.39, 0.29) is 6.42 Å². The van der Waals surface area contributed by atoms with Crippen LogP contribution in [-0.2, 0) is 19.1 Å². The number of nitrogens with one attached hydrogen (secondary N) is 1. The lowest BCUT2D eigenvalue weighted by Crippen LogP contribution is -2.19. The molecule has 1 unspecified atom stereocenters. The van der Waals surface area contributed by atoms with Crippen LogP contribution in [0.25, 0.3) is 10.9 Å². The first kappa shape index (κ1) is 13.1. The molecule has 0 saturated heterocycles. The molecule has 0 saturated carbocycles. The van der Waals surface area contributed by atoms with Crippen LogP contribution >= 0.6 is 0 Å². The molecule has 0 fully saturated rings. The van der Waals surface area contributed by atoms with Crippen LogP contribution in [0.15, 0.2) is 30.3 Å². The summed E-state index contributed by atoms with van der Waals surface area (Å²) in [6.07, 6.45) is -0.0456. The molecule has 1 heterocycles. The van der Waals surface area contributed by atoms with Crippen LogP contribution in [0.5, 0.6) is 0 Å². The zero-order valence-electron chi connectivity index (χ0n) is 10.8. The van der Waals surface area contributed by atoms with Crippen LogP contribution in [0.2, 0.25) is 0 Å². The number of aromatic nitrogens is 1. The molecule has 2 aromatic rings. The number of methoxy groups -OCH3 is 2. The van der Waals surface area contributed by atoms with Crippen molar-refractivity contribution >= 4 is 22.8 Å². The van der Waals surface area contributed by atoms with E-state index in [0.29, 0.717) is 5.69 Å². The van der Waals surface area contributed by atoms with Gasteiger partial charge in [0.25, 0.3) is 0 Å². The Morgan fingerprint density at radius 3 is 2.58 bits per heavy atom. The molecule has 0 radical (unpaired) electrons. The van der Waals surface area contributed by atoms with E-state index in [1.165, 1.54) is 14.2 Å². The van der Waals surface area contributed by atoms with E-state index >= 15 is 0 Å². The predicted octanol–water partition coefficient (Wildman–Crippen LogP) is 1.99. The average Bonchev–Trinajstić information content (AvgIpc) is 2.87. The Morgan fingerprint density at radius 2 is 1.95 bits per heavy atom. The summed E-state index contributed by atoms with van der Waals surface area (Å²) >= 11 is 0. The highest BCUT2D eigenvalue weighted by Crippen LogP contribution is 2.25. The normalized spacial score (nSPS) is 12.1. The Kier molecular flexibility index (Phi) is 3.85. The summed E-state index contributed by atoms with van der Waals surface area (Å²) in [7, 11) is 2.59. The fourth-order valence-electron chi connectivity index (χ4n) is 2.00. The van der Waals surface area contributed by atoms with Gasteiger partial charge < -0.3 is 14.5 Å². The minimum absolute atomic E-state index is 0.0456. The Morgan fingerprint density at radius 1 is 1.21 bits per heavy atom. The molecule has 2 rings (SSSR count). The van der Waals surface area contributed by atoms with E-state index in [1.807, 2.05) is 30.3 Å². The minimum Gasteiger partial charge on any atom is -0.469 e. The molecule has 1 aromatic carbocycles. The summed E-state index contributed by atoms with van der Waals surface area (Å²) in [4.78, 5) is 26.3. The summed E-state index contributed by atoms with van der Waals surface area (Å²) in [5.41, 5.74) is 1.56. The summed E-state index contributed by atoms with van der Waals surface area (Å²) in [6.45, 7) is 0. The number of para-hydroxylation sites is 1. The number of hydrogen-bond acceptors (Lipinski definition) is 4. The lowest BCUT2D eigenvalue weighted by Gasteiger charge is -2.11. The summed E-state index contributed by atoms with van der Waals surface area (Å²) in [5, 5.41) is 0.983. The number of carbonyl (C=O) groups is 2. The molecule has 0 spiro atoms. The van der Waals surface area contributed by atoms with E-state index in [2.05, 4.69) is 9.72 Å². The largest absolute Gasteiger partial charge is 0.469 e. The number of rotatable bonds is 4. The number of fused-ring (bicyclic) bond motifs is 1. The fourth-order valence-corrected chi connectivity index (χ4v) is 2.00. The number of esters is 2. The van der Waals surface area contributed by atoms with Gasteiger partial charge in [0.05, 0.1) is 20.6 Å². The predicted molar refractivity (Wildman–Crippen MR) is 69.7 cm³/mol. The topological polar surface area (TPSA) is 68.4 Å². The number of carbonyl (C=O) groups excluding carboxylic acids is 2. The van der Waals surface area contributed by atoms with Gasteiger partial charge in [0, 0.05) is 11.2 Å². The third-order valence-corrected chi connectivity index (χ3v) is 3.01. The maximum Gasteiger partial charge on any atom is 0.315 e. The van der Waals surface area contributed by atoms with Crippen molar-refractivity contribution in [2.75, 3.05) is 14.2 Å². The Hall–Kier alpha value is -2.30. The Bertz CT molecular complexity index is 569. The summed E-state index contributed by atoms with van der Waals surface area (Å²) < 4.78 is 9.35. The first-order valence-corrected chi connectivity index (χ1v) is 5.88. The van der Waals surface area contributed by atoms with Crippen LogP contribution in [0.4, 0.5) is 0 Å². The lowest BCUT2D eigenvalue weighted by molar-refractivity contribution is -0.149. The summed E-state index contributed by atoms with van der Waals surface area (Å²) in [5.74, 6) is -1.59. The zero-order chi connectivity index (χ0) is 13.8. The van der Waals surface area contributed by atoms with Crippen LogP contribution in [0.3, 0.4) is 0 Å². The van der Waals surface area contributed by atoms with Gasteiger partial charge in [-0.1, -0.05) is 18.2 Å². The molecule has 100 valence electrons. The molecule has 1 N–H and O–H groups in total. The van der Waals surface area contributed by atoms with E-state index < -0.39 is 17.9 Å². The molecule has 0 aliphatic rings. The van der Waals surface area contributed by atoms with Crippen molar-refractivity contribution in [1.82, 2.24) is 4.98 Å². The van der Waals surface area contributed by atoms with Crippen LogP contribution in [0, 0.1) is 0 Å². The fraction of sp³-hybridized carbons (Fsp3) is 0.286. The van der Waals surface area contributed by atoms with Gasteiger partial charge in [-0.15, -0.1) is 0 Å². The van der Waals surface area contributed by atoms with Crippen molar-refractivity contribution < 1.29 is 19.1 Å². The first-order chi connectivity index (χ1) is 9.15. The van der Waals surface area contributed by atoms with Crippen molar-refractivity contribution in [1.29, 1.82) is 0 Å². The molecule has 5 heteroatoms. The van der Waals surface area contributed by atoms with Crippen LogP contribution < -0.4 is 0 Å². The van der Waals surface area contributed by atoms with Crippen LogP contribution in [-0.4, -0.2) is 31.1 Å². The number of H-pyrrole nitrogens is 1. The lowest BCUT2D eigenvalue weighted by atomic mass is 10.0. The van der Waals surface area contributed by atoms with Crippen molar-refractivity contribution in [3.63, 3.8) is 0 Å². The maximum atomic E-state index is 11.8. The van der Waals surface area contributed by atoms with Gasteiger partial charge in [-0.05, 0) is 17.5 Å². The molecule has 0 amide bonds. The standard InChI is InChI=1S/C14H15NO4/c1-18-13(16)8-10(14(17)19-2)12-7-9-5-3-4-6-11(9)15-12/h3-7,10,15H,8H2,1-2H3. The molecular weight excluding hydrogens is 246 g/mol. The number of aromatic amines is 1. The molecule has 0 bridgehead atoms. The van der Waals surface area contributed by atoms with Gasteiger partial charge >= 0.3 is 11.9 Å². The maximum absolute atomic E-state index is 11.8. The highest BCUT2D eigenvalue weighted by Gasteiger charge is 2.26. The molecular formula is C14H15NO4. The Balaban J connectivity index is 2.36. The van der Waals surface area contributed by atoms with E-state index in [1.54, 1.807) is 0 Å². The number of hydrogen-bond donors (Lipinski definition) is 1. The van der Waals surface area contributed by atoms with Gasteiger partial charge in [0.1, 0.15) is 5.92 Å². The highest BCUT2D eigenvalue weighted by molar-refractivity contribution is 5.87. The number of benzene rings is 1. The smallest absolute Gasteiger partial charge is 0.315 e. The van der Waals surface area contributed by atoms with Crippen molar-refractivity contribution in [3.05, 3.63) is 36.0 Å². The average molecular weight is 261 g/mol. The second-order valence-electron chi connectivity index (χ2n) is 4.17. The third kappa shape index (κ3) is 2.76. The van der Waals surface area contributed by atoms with Gasteiger partial charge in [-0.3, -0.25) is 9.59 Å². The zero-order valence-corrected chi connectivity index (χ0v) is 10.8. The van der Waals surface area contributed by atoms with Gasteiger partial charge in [0.15, 0.2) is 0 Å². The van der Waals surface area contributed by atoms with Gasteiger partial charge in [-0.2, -0.15) is 0 Å². The third-order valence-electron chi connectivity index (χ3n) is 3.01. The quantitative estimate of drug-likeness (QED) is 0.854. The second kappa shape index (κ2) is 5.56. The van der Waals surface area contributed by atoms with E-state index in [0.717, 1.165) is 10.9 Å². The highest BCUT2D eigenvalue weighted by atomic mass is 16.5. The van der Waals surface area contributed by atoms with Crippen LogP contribution in [0.1, 0.15) is 18.0 Å². The molecule has 19 heavy (non-hydrogen) atoms. The monoisotopic (exact) mass is 261 g/mol. The SMILES string of the molecule is COC(=O)CC(C(=O)OC)c1cc2ccccc2[nH]1. The molecule has 5 nitrogen and oxygen atoms in total. The van der Waals surface area contributed by atoms with Crippen molar-refractivity contribution in [2.45, 2.75) is 12.3 Å². The molecule has 1 atom stereocenters. The van der Waals surface area contributed by atoms with Crippen molar-refractivity contribution in [2.24, 2.45) is 0 Å². The van der Waals surface area contributed by atoms with Gasteiger partial charge in [-0.25, -0.2) is 0 Å².